The number of aryl methyl sites for hydroxylation is 2. The Labute approximate surface area is 135 Å². The fourth-order valence-corrected chi connectivity index (χ4v) is 2.80. The Morgan fingerprint density at radius 3 is 3.09 bits per heavy atom. The summed E-state index contributed by atoms with van der Waals surface area (Å²) in [6, 6.07) is 8.13. The van der Waals surface area contributed by atoms with Crippen molar-refractivity contribution in [1.82, 2.24) is 10.5 Å². The smallest absolute Gasteiger partial charge is 0.189 e. The summed E-state index contributed by atoms with van der Waals surface area (Å²) in [5, 5.41) is 7.33. The molecule has 1 aromatic heterocycles. The largest absolute Gasteiger partial charge is 0.493 e. The van der Waals surface area contributed by atoms with Crippen molar-refractivity contribution in [2.45, 2.75) is 39.3 Å². The number of nitrogens with two attached hydrogens (primary N) is 1. The lowest BCUT2D eigenvalue weighted by atomic mass is 10.0. The van der Waals surface area contributed by atoms with Crippen LogP contribution in [0.5, 0.6) is 5.75 Å². The summed E-state index contributed by atoms with van der Waals surface area (Å²) in [5.41, 5.74) is 9.14. The third-order valence-electron chi connectivity index (χ3n) is 4.09. The normalized spacial score (nSPS) is 17.5. The van der Waals surface area contributed by atoms with Crippen LogP contribution in [-0.4, -0.2) is 17.7 Å². The van der Waals surface area contributed by atoms with E-state index in [4.69, 9.17) is 15.0 Å². The molecule has 6 heteroatoms. The highest BCUT2D eigenvalue weighted by Gasteiger charge is 2.21. The van der Waals surface area contributed by atoms with Gasteiger partial charge in [0.05, 0.1) is 24.9 Å². The number of hydrogen-bond donors (Lipinski definition) is 2. The van der Waals surface area contributed by atoms with Gasteiger partial charge in [0.25, 0.3) is 0 Å². The van der Waals surface area contributed by atoms with E-state index in [9.17, 15) is 0 Å². The van der Waals surface area contributed by atoms with Gasteiger partial charge in [-0.25, -0.2) is 4.99 Å². The van der Waals surface area contributed by atoms with Crippen LogP contribution in [0.1, 0.15) is 42.0 Å². The summed E-state index contributed by atoms with van der Waals surface area (Å²) in [6.07, 6.45) is 1.68. The molecule has 0 aliphatic carbocycles. The van der Waals surface area contributed by atoms with Crippen LogP contribution in [0.3, 0.4) is 0 Å². The molecule has 0 amide bonds. The van der Waals surface area contributed by atoms with Crippen LogP contribution in [0.25, 0.3) is 0 Å². The Bertz CT molecular complexity index is 708. The first-order valence-electron chi connectivity index (χ1n) is 7.91. The predicted molar refractivity (Wildman–Crippen MR) is 88.4 cm³/mol. The van der Waals surface area contributed by atoms with Gasteiger partial charge in [-0.1, -0.05) is 30.3 Å². The molecule has 122 valence electrons. The first-order chi connectivity index (χ1) is 11.2. The average Bonchev–Trinajstić information content (AvgIpc) is 2.93. The zero-order valence-corrected chi connectivity index (χ0v) is 13.5. The maximum absolute atomic E-state index is 6.07. The van der Waals surface area contributed by atoms with E-state index >= 15 is 0 Å². The lowest BCUT2D eigenvalue weighted by Crippen LogP contribution is -2.37. The molecule has 23 heavy (non-hydrogen) atoms. The average molecular weight is 314 g/mol. The molecule has 3 N–H and O–H groups in total. The van der Waals surface area contributed by atoms with E-state index in [1.54, 1.807) is 0 Å². The molecule has 3 rings (SSSR count). The second-order valence-corrected chi connectivity index (χ2v) is 5.59. The van der Waals surface area contributed by atoms with E-state index in [0.717, 1.165) is 41.2 Å². The second kappa shape index (κ2) is 6.73. The van der Waals surface area contributed by atoms with Gasteiger partial charge in [-0.15, -0.1) is 0 Å². The highest BCUT2D eigenvalue weighted by Crippen LogP contribution is 2.31. The maximum atomic E-state index is 6.07. The van der Waals surface area contributed by atoms with E-state index in [0.29, 0.717) is 19.1 Å². The SMILES string of the molecule is CCc1noc(C)c1CN=C(N)NC1CCOc2ccccc21. The number of fused-ring (bicyclic) bond motifs is 1. The molecule has 0 bridgehead atoms. The van der Waals surface area contributed by atoms with Crippen molar-refractivity contribution in [3.63, 3.8) is 0 Å². The van der Waals surface area contributed by atoms with Gasteiger partial charge in [-0.05, 0) is 19.4 Å². The van der Waals surface area contributed by atoms with Crippen molar-refractivity contribution < 1.29 is 9.26 Å². The number of hydrogen-bond acceptors (Lipinski definition) is 4. The molecule has 0 saturated heterocycles. The van der Waals surface area contributed by atoms with E-state index in [2.05, 4.69) is 21.5 Å². The fraction of sp³-hybridized carbons (Fsp3) is 0.412. The minimum atomic E-state index is 0.123. The lowest BCUT2D eigenvalue weighted by Gasteiger charge is -2.26. The van der Waals surface area contributed by atoms with Crippen LogP contribution in [-0.2, 0) is 13.0 Å². The minimum absolute atomic E-state index is 0.123. The van der Waals surface area contributed by atoms with Crippen molar-refractivity contribution in [2.75, 3.05) is 6.61 Å². The van der Waals surface area contributed by atoms with E-state index in [1.165, 1.54) is 0 Å². The van der Waals surface area contributed by atoms with Gasteiger partial charge >= 0.3 is 0 Å². The monoisotopic (exact) mass is 314 g/mol. The number of nitrogens with one attached hydrogen (secondary N) is 1. The fourth-order valence-electron chi connectivity index (χ4n) is 2.80. The summed E-state index contributed by atoms with van der Waals surface area (Å²) in [4.78, 5) is 4.45. The molecule has 1 aliphatic heterocycles. The Kier molecular flexibility index (Phi) is 4.50. The third kappa shape index (κ3) is 3.31. The van der Waals surface area contributed by atoms with Crippen LogP contribution in [0.15, 0.2) is 33.8 Å². The zero-order valence-electron chi connectivity index (χ0n) is 13.5. The molecule has 6 nitrogen and oxygen atoms in total. The van der Waals surface area contributed by atoms with Crippen molar-refractivity contribution in [3.05, 3.63) is 46.8 Å². The summed E-state index contributed by atoms with van der Waals surface area (Å²) >= 11 is 0. The Hall–Kier alpha value is -2.50. The lowest BCUT2D eigenvalue weighted by molar-refractivity contribution is 0.262. The number of guanidine groups is 1. The van der Waals surface area contributed by atoms with Crippen LogP contribution in [0.4, 0.5) is 0 Å². The van der Waals surface area contributed by atoms with Crippen molar-refractivity contribution in [1.29, 1.82) is 0 Å². The molecule has 1 unspecified atom stereocenters. The minimum Gasteiger partial charge on any atom is -0.493 e. The number of ether oxygens (including phenoxy) is 1. The number of benzene rings is 1. The molecule has 2 aromatic rings. The maximum Gasteiger partial charge on any atom is 0.189 e. The molecule has 2 heterocycles. The summed E-state index contributed by atoms with van der Waals surface area (Å²) in [7, 11) is 0. The van der Waals surface area contributed by atoms with E-state index in [1.807, 2.05) is 32.0 Å². The standard InChI is InChI=1S/C17H22N4O2/c1-3-14-13(11(2)23-21-14)10-19-17(18)20-15-8-9-22-16-7-5-4-6-12(15)16/h4-7,15H,3,8-10H2,1-2H3,(H3,18,19,20). The van der Waals surface area contributed by atoms with Gasteiger partial charge in [0.2, 0.25) is 0 Å². The molecular formula is C17H22N4O2. The highest BCUT2D eigenvalue weighted by atomic mass is 16.5. The van der Waals surface area contributed by atoms with Gasteiger partial charge in [0.1, 0.15) is 11.5 Å². The van der Waals surface area contributed by atoms with Crippen LogP contribution in [0, 0.1) is 6.92 Å². The van der Waals surface area contributed by atoms with Gasteiger partial charge < -0.3 is 20.3 Å². The van der Waals surface area contributed by atoms with E-state index < -0.39 is 0 Å². The molecular weight excluding hydrogens is 292 g/mol. The zero-order chi connectivity index (χ0) is 16.2. The number of nitrogens with zero attached hydrogens (tertiary/aromatic N) is 2. The molecule has 0 fully saturated rings. The number of rotatable bonds is 4. The first kappa shape index (κ1) is 15.4. The van der Waals surface area contributed by atoms with Crippen LogP contribution in [0.2, 0.25) is 0 Å². The molecule has 1 aromatic carbocycles. The molecule has 0 saturated carbocycles. The second-order valence-electron chi connectivity index (χ2n) is 5.59. The number of aliphatic imine (C=N–C) groups is 1. The van der Waals surface area contributed by atoms with Crippen molar-refractivity contribution in [2.24, 2.45) is 10.7 Å². The van der Waals surface area contributed by atoms with Gasteiger partial charge in [0, 0.05) is 17.5 Å². The van der Waals surface area contributed by atoms with Gasteiger partial charge in [-0.2, -0.15) is 0 Å². The molecule has 0 radical (unpaired) electrons. The number of para-hydroxylation sites is 1. The Balaban J connectivity index is 1.70. The molecule has 0 spiro atoms. The van der Waals surface area contributed by atoms with Crippen molar-refractivity contribution >= 4 is 5.96 Å². The van der Waals surface area contributed by atoms with Gasteiger partial charge in [-0.3, -0.25) is 0 Å². The Morgan fingerprint density at radius 2 is 2.26 bits per heavy atom. The van der Waals surface area contributed by atoms with Gasteiger partial charge in [0.15, 0.2) is 5.96 Å². The van der Waals surface area contributed by atoms with Crippen LogP contribution < -0.4 is 15.8 Å². The summed E-state index contributed by atoms with van der Waals surface area (Å²) in [5.74, 6) is 2.14. The quantitative estimate of drug-likeness (QED) is 0.669. The topological polar surface area (TPSA) is 85.7 Å². The third-order valence-corrected chi connectivity index (χ3v) is 4.09. The van der Waals surface area contributed by atoms with Crippen molar-refractivity contribution in [3.8, 4) is 5.75 Å². The van der Waals surface area contributed by atoms with E-state index in [-0.39, 0.29) is 6.04 Å². The Morgan fingerprint density at radius 1 is 1.43 bits per heavy atom. The van der Waals surface area contributed by atoms with Crippen LogP contribution >= 0.6 is 0 Å². The molecule has 1 aliphatic rings. The predicted octanol–water partition coefficient (Wildman–Crippen LogP) is 2.47. The first-order valence-corrected chi connectivity index (χ1v) is 7.91. The highest BCUT2D eigenvalue weighted by molar-refractivity contribution is 5.78. The summed E-state index contributed by atoms with van der Waals surface area (Å²) < 4.78 is 10.9. The molecule has 1 atom stereocenters. The summed E-state index contributed by atoms with van der Waals surface area (Å²) in [6.45, 7) is 5.09. The number of aromatic nitrogens is 1.